The zero-order valence-corrected chi connectivity index (χ0v) is 39.7. The van der Waals surface area contributed by atoms with E-state index in [-0.39, 0.29) is 45.3 Å². The van der Waals surface area contributed by atoms with Crippen molar-refractivity contribution in [1.82, 2.24) is 0 Å². The highest BCUT2D eigenvalue weighted by Gasteiger charge is 2.23. The summed E-state index contributed by atoms with van der Waals surface area (Å²) < 4.78 is 39.8. The predicted molar refractivity (Wildman–Crippen MR) is 242 cm³/mol. The Kier molecular flexibility index (Phi) is 31.0. The number of carbonyl (C=O) groups excluding carboxylic acids is 2. The van der Waals surface area contributed by atoms with Crippen LogP contribution in [0.4, 0.5) is 0 Å². The first kappa shape index (κ1) is 56.2. The predicted octanol–water partition coefficient (Wildman–Crippen LogP) is 9.65. The van der Waals surface area contributed by atoms with Gasteiger partial charge in [0.25, 0.3) is 7.82 Å². The molecule has 1 heterocycles. The van der Waals surface area contributed by atoms with E-state index in [1.54, 1.807) is 0 Å². The fourth-order valence-corrected chi connectivity index (χ4v) is 7.05. The lowest BCUT2D eigenvalue weighted by Crippen LogP contribution is -2.37. The molecule has 0 bridgehead atoms. The molecule has 0 saturated carbocycles. The molecule has 0 radical (unpaired) electrons. The number of hydrogen-bond donors (Lipinski definition) is 2. The Balaban J connectivity index is 2.44. The van der Waals surface area contributed by atoms with Crippen molar-refractivity contribution in [2.75, 3.05) is 47.5 Å². The van der Waals surface area contributed by atoms with Gasteiger partial charge in [0, 0.05) is 25.7 Å². The molecule has 1 rings (SSSR count). The molecule has 61 heavy (non-hydrogen) atoms. The van der Waals surface area contributed by atoms with Gasteiger partial charge in [-0.15, -0.1) is 0 Å². The minimum absolute atomic E-state index is 0.0920. The quantitative estimate of drug-likeness (QED) is 0.0215. The number of likely N-dealkylation sites (N-methyl/N-ethyl adjacent to an activating group) is 1. The van der Waals surface area contributed by atoms with E-state index in [1.165, 1.54) is 11.1 Å². The molecule has 1 aromatic heterocycles. The number of rotatable bonds is 37. The Morgan fingerprint density at radius 2 is 1.25 bits per heavy atom. The molecule has 13 heteroatoms. The summed E-state index contributed by atoms with van der Waals surface area (Å²) in [5, 5.41) is 20.8. The normalized spacial score (nSPS) is 15.0. The minimum atomic E-state index is -4.72. The number of phosphoric acid groups is 1. The number of quaternary nitrogens is 1. The Bertz CT molecular complexity index is 1490. The van der Waals surface area contributed by atoms with Crippen LogP contribution in [0.25, 0.3) is 0 Å². The molecule has 0 saturated heterocycles. The van der Waals surface area contributed by atoms with Crippen molar-refractivity contribution in [2.45, 2.75) is 174 Å². The highest BCUT2D eigenvalue weighted by atomic mass is 31.2. The smallest absolute Gasteiger partial charge is 0.306 e. The monoisotopic (exact) mass is 880 g/mol. The van der Waals surface area contributed by atoms with E-state index in [1.807, 2.05) is 39.4 Å². The molecular formula is C48H82NO11P. The molecule has 2 N–H and O–H groups in total. The van der Waals surface area contributed by atoms with Crippen LogP contribution in [-0.4, -0.2) is 92.5 Å². The third-order valence-electron chi connectivity index (χ3n) is 10.2. The van der Waals surface area contributed by atoms with Crippen molar-refractivity contribution < 1.29 is 56.7 Å². The van der Waals surface area contributed by atoms with Crippen LogP contribution in [-0.2, 0) is 45.5 Å². The average molecular weight is 880 g/mol. The maximum Gasteiger partial charge on any atom is 0.306 e. The summed E-state index contributed by atoms with van der Waals surface area (Å²) in [6.07, 6.45) is 28.8. The van der Waals surface area contributed by atoms with Crippen molar-refractivity contribution in [1.29, 1.82) is 0 Å². The number of esters is 2. The molecule has 0 spiro atoms. The van der Waals surface area contributed by atoms with E-state index in [9.17, 15) is 29.3 Å². The van der Waals surface area contributed by atoms with Crippen LogP contribution in [0.2, 0.25) is 0 Å². The van der Waals surface area contributed by atoms with E-state index >= 15 is 0 Å². The van der Waals surface area contributed by atoms with Crippen LogP contribution in [0.5, 0.6) is 0 Å². The Hall–Kier alpha value is -2.83. The molecule has 1 aromatic rings. The summed E-state index contributed by atoms with van der Waals surface area (Å²) in [5.74, 6) is 1.11. The van der Waals surface area contributed by atoms with Crippen molar-refractivity contribution in [2.24, 2.45) is 0 Å². The van der Waals surface area contributed by atoms with Gasteiger partial charge in [0.1, 0.15) is 31.3 Å². The third kappa shape index (κ3) is 30.0. The molecule has 0 aliphatic rings. The summed E-state index contributed by atoms with van der Waals surface area (Å²) in [5.41, 5.74) is 2.60. The number of aryl methyl sites for hydroxylation is 2. The van der Waals surface area contributed by atoms with E-state index in [0.717, 1.165) is 101 Å². The topological polar surface area (TPSA) is 165 Å². The van der Waals surface area contributed by atoms with Crippen molar-refractivity contribution in [3.63, 3.8) is 0 Å². The maximum atomic E-state index is 12.8. The number of aliphatic hydroxyl groups excluding tert-OH is 2. The molecule has 1 unspecified atom stereocenters. The Morgan fingerprint density at radius 3 is 1.84 bits per heavy atom. The molecular weight excluding hydrogens is 797 g/mol. The van der Waals surface area contributed by atoms with Crippen LogP contribution in [0.1, 0.15) is 152 Å². The van der Waals surface area contributed by atoms with Crippen LogP contribution in [0, 0.1) is 13.8 Å². The average Bonchev–Trinajstić information content (AvgIpc) is 3.46. The molecule has 4 atom stereocenters. The molecule has 0 aliphatic heterocycles. The van der Waals surface area contributed by atoms with Gasteiger partial charge in [-0.2, -0.15) is 0 Å². The van der Waals surface area contributed by atoms with Crippen molar-refractivity contribution in [3.05, 3.63) is 71.3 Å². The fourth-order valence-electron chi connectivity index (χ4n) is 6.32. The first-order chi connectivity index (χ1) is 29.1. The van der Waals surface area contributed by atoms with E-state index < -0.39 is 44.7 Å². The maximum absolute atomic E-state index is 12.8. The van der Waals surface area contributed by atoms with Gasteiger partial charge in [-0.05, 0) is 89.2 Å². The molecule has 0 aromatic carbocycles. The number of ether oxygens (including phenoxy) is 2. The standard InChI is InChI=1S/C48H82NO11P/c1-8-10-11-12-13-14-15-16-17-20-23-26-31-43(50)44(51)32-29-35-48(53)59-42(39-58-61(54,55)57-37-36-49(5,6)7)38-56-47(52)34-28-25-22-19-18-21-24-27-33-46-41(4)40(3)45(60-46)30-9-2/h10-11,13-14,16-17,23,26,42-44,50-51H,8-9,12,15,18-22,24-25,27-39H2,1-7H3/b11-10-,14-13-,17-16-,26-23-/t42-,43-,44-/m1/s1. The second-order valence-electron chi connectivity index (χ2n) is 16.9. The molecule has 350 valence electrons. The zero-order chi connectivity index (χ0) is 45.4. The Morgan fingerprint density at radius 1 is 0.705 bits per heavy atom. The lowest BCUT2D eigenvalue weighted by atomic mass is 10.0. The second kappa shape index (κ2) is 33.7. The number of aliphatic hydroxyl groups is 2. The first-order valence-electron chi connectivity index (χ1n) is 22.9. The fraction of sp³-hybridized carbons (Fsp3) is 0.708. The Labute approximate surface area is 368 Å². The second-order valence-corrected chi connectivity index (χ2v) is 18.3. The van der Waals surface area contributed by atoms with Crippen molar-refractivity contribution in [3.8, 4) is 0 Å². The van der Waals surface area contributed by atoms with Crippen LogP contribution in [0.3, 0.4) is 0 Å². The summed E-state index contributed by atoms with van der Waals surface area (Å²) in [6.45, 7) is 7.95. The van der Waals surface area contributed by atoms with Crippen molar-refractivity contribution >= 4 is 19.8 Å². The highest BCUT2D eigenvalue weighted by Crippen LogP contribution is 2.38. The largest absolute Gasteiger partial charge is 0.756 e. The van der Waals surface area contributed by atoms with Gasteiger partial charge in [0.05, 0.1) is 40.0 Å². The zero-order valence-electron chi connectivity index (χ0n) is 38.8. The number of allylic oxidation sites excluding steroid dienone is 7. The van der Waals surface area contributed by atoms with Gasteiger partial charge >= 0.3 is 11.9 Å². The SMILES string of the molecule is CC/C=C\C/C=C\C/C=C\C/C=C\C[C@@H](O)[C@H](O)CCCC(=O)O[C@H](COC(=O)CCCCCCCCCCc1oc(CCC)c(C)c1C)COP(=O)([O-])OCC[N+](C)(C)C. The number of hydrogen-bond acceptors (Lipinski definition) is 11. The molecule has 0 amide bonds. The van der Waals surface area contributed by atoms with Gasteiger partial charge in [0.2, 0.25) is 0 Å². The van der Waals surface area contributed by atoms with Gasteiger partial charge in [-0.1, -0.05) is 101 Å². The van der Waals surface area contributed by atoms with Crippen LogP contribution >= 0.6 is 7.82 Å². The van der Waals surface area contributed by atoms with Crippen LogP contribution < -0.4 is 4.89 Å². The molecule has 0 aliphatic carbocycles. The summed E-state index contributed by atoms with van der Waals surface area (Å²) in [6, 6.07) is 0. The van der Waals surface area contributed by atoms with Gasteiger partial charge < -0.3 is 42.5 Å². The molecule has 0 fully saturated rings. The number of carbonyl (C=O) groups is 2. The minimum Gasteiger partial charge on any atom is -0.756 e. The summed E-state index contributed by atoms with van der Waals surface area (Å²) in [4.78, 5) is 37.7. The number of furan rings is 1. The number of nitrogens with zero attached hydrogens (tertiary/aromatic N) is 1. The highest BCUT2D eigenvalue weighted by molar-refractivity contribution is 7.45. The number of unbranched alkanes of at least 4 members (excludes halogenated alkanes) is 7. The van der Waals surface area contributed by atoms with E-state index in [4.69, 9.17) is 22.9 Å². The van der Waals surface area contributed by atoms with Gasteiger partial charge in [-0.25, -0.2) is 0 Å². The lowest BCUT2D eigenvalue weighted by Gasteiger charge is -2.28. The third-order valence-corrected chi connectivity index (χ3v) is 11.2. The van der Waals surface area contributed by atoms with Gasteiger partial charge in [0.15, 0.2) is 6.10 Å². The first-order valence-corrected chi connectivity index (χ1v) is 24.3. The molecule has 12 nitrogen and oxygen atoms in total. The van der Waals surface area contributed by atoms with Crippen LogP contribution in [0.15, 0.2) is 53.0 Å². The lowest BCUT2D eigenvalue weighted by molar-refractivity contribution is -0.870. The summed E-state index contributed by atoms with van der Waals surface area (Å²) >= 11 is 0. The van der Waals surface area contributed by atoms with Gasteiger partial charge in [-0.3, -0.25) is 14.2 Å². The summed E-state index contributed by atoms with van der Waals surface area (Å²) in [7, 11) is 0.959. The van der Waals surface area contributed by atoms with E-state index in [0.29, 0.717) is 17.4 Å². The number of phosphoric ester groups is 1. The van der Waals surface area contributed by atoms with E-state index in [2.05, 4.69) is 58.1 Å².